The van der Waals surface area contributed by atoms with Crippen LogP contribution in [0.1, 0.15) is 52.5 Å². The lowest BCUT2D eigenvalue weighted by Gasteiger charge is -2.35. The zero-order chi connectivity index (χ0) is 20.0. The average molecular weight is 426 g/mol. The molecule has 0 saturated heterocycles. The lowest BCUT2D eigenvalue weighted by atomic mass is 9.80. The summed E-state index contributed by atoms with van der Waals surface area (Å²) in [5.74, 6) is -0.965. The van der Waals surface area contributed by atoms with E-state index in [-0.39, 0.29) is 0 Å². The fourth-order valence-corrected chi connectivity index (χ4v) is 2.83. The minimum atomic E-state index is -1.32. The molecule has 6 heteroatoms. The third kappa shape index (κ3) is 6.16. The van der Waals surface area contributed by atoms with Gasteiger partial charge in [-0.3, -0.25) is 0 Å². The number of alkyl carbamates (subject to hydrolysis) is 1. The Morgan fingerprint density at radius 2 is 1.77 bits per heavy atom. The molecule has 0 radical (unpaired) electrons. The summed E-state index contributed by atoms with van der Waals surface area (Å²) in [4.78, 5) is 25.0. The van der Waals surface area contributed by atoms with Crippen molar-refractivity contribution in [3.63, 3.8) is 0 Å². The molecule has 0 unspecified atom stereocenters. The Bertz CT molecular complexity index is 649. The maximum absolute atomic E-state index is 12.6. The lowest BCUT2D eigenvalue weighted by Crippen LogP contribution is -2.57. The van der Waals surface area contributed by atoms with Gasteiger partial charge in [0.2, 0.25) is 0 Å². The molecule has 1 N–H and O–H groups in total. The first kappa shape index (κ1) is 22.2. The number of benzene rings is 1. The second-order valence-corrected chi connectivity index (χ2v) is 8.10. The number of ether oxygens (including phenoxy) is 2. The van der Waals surface area contributed by atoms with Gasteiger partial charge in [-0.05, 0) is 51.8 Å². The van der Waals surface area contributed by atoms with E-state index in [1.807, 2.05) is 43.3 Å². The fraction of sp³-hybridized carbons (Fsp3) is 0.500. The van der Waals surface area contributed by atoms with Crippen molar-refractivity contribution in [3.05, 3.63) is 46.5 Å². The van der Waals surface area contributed by atoms with E-state index < -0.39 is 29.1 Å². The fourth-order valence-electron chi connectivity index (χ4n) is 2.56. The highest BCUT2D eigenvalue weighted by Gasteiger charge is 2.44. The molecule has 1 aromatic carbocycles. The Morgan fingerprint density at radius 3 is 2.23 bits per heavy atom. The van der Waals surface area contributed by atoms with Crippen LogP contribution in [0.5, 0.6) is 0 Å². The maximum atomic E-state index is 12.6. The minimum absolute atomic E-state index is 0.421. The van der Waals surface area contributed by atoms with Gasteiger partial charge in [0.1, 0.15) is 11.1 Å². The third-order valence-electron chi connectivity index (χ3n) is 3.79. The van der Waals surface area contributed by atoms with E-state index in [1.54, 1.807) is 27.7 Å². The van der Waals surface area contributed by atoms with Crippen molar-refractivity contribution >= 4 is 28.0 Å². The molecule has 1 amide bonds. The Kier molecular flexibility index (Phi) is 7.87. The van der Waals surface area contributed by atoms with Crippen molar-refractivity contribution in [1.82, 2.24) is 5.32 Å². The Hall–Kier alpha value is -1.82. The molecule has 0 aliphatic rings. The summed E-state index contributed by atoms with van der Waals surface area (Å²) >= 11 is 3.41. The zero-order valence-corrected chi connectivity index (χ0v) is 17.8. The van der Waals surface area contributed by atoms with Crippen molar-refractivity contribution in [2.75, 3.05) is 7.11 Å². The monoisotopic (exact) mass is 425 g/mol. The van der Waals surface area contributed by atoms with Gasteiger partial charge in [0.15, 0.2) is 0 Å². The zero-order valence-electron chi connectivity index (χ0n) is 16.3. The van der Waals surface area contributed by atoms with Gasteiger partial charge in [0.25, 0.3) is 0 Å². The minimum Gasteiger partial charge on any atom is -0.467 e. The molecule has 1 aromatic rings. The molecule has 0 aliphatic carbocycles. The van der Waals surface area contributed by atoms with Crippen LogP contribution < -0.4 is 5.32 Å². The van der Waals surface area contributed by atoms with E-state index in [9.17, 15) is 9.59 Å². The van der Waals surface area contributed by atoms with E-state index in [4.69, 9.17) is 9.47 Å². The summed E-state index contributed by atoms with van der Waals surface area (Å²) in [6.07, 6.45) is 4.01. The Labute approximate surface area is 164 Å². The van der Waals surface area contributed by atoms with Crippen molar-refractivity contribution < 1.29 is 19.1 Å². The number of hydrogen-bond acceptors (Lipinski definition) is 4. The largest absolute Gasteiger partial charge is 0.467 e. The van der Waals surface area contributed by atoms with Gasteiger partial charge >= 0.3 is 12.1 Å². The van der Waals surface area contributed by atoms with E-state index in [0.717, 1.165) is 16.5 Å². The van der Waals surface area contributed by atoms with Crippen LogP contribution in [0.3, 0.4) is 0 Å². The number of methoxy groups -OCH3 is 1. The summed E-state index contributed by atoms with van der Waals surface area (Å²) < 4.78 is 11.3. The number of amides is 1. The second kappa shape index (κ2) is 9.21. The molecule has 0 heterocycles. The summed E-state index contributed by atoms with van der Waals surface area (Å²) in [6.45, 7) is 8.96. The van der Waals surface area contributed by atoms with Gasteiger partial charge in [-0.15, -0.1) is 0 Å². The number of hydrogen-bond donors (Lipinski definition) is 1. The van der Waals surface area contributed by atoms with E-state index >= 15 is 0 Å². The Balaban J connectivity index is 3.34. The van der Waals surface area contributed by atoms with Crippen LogP contribution in [-0.2, 0) is 14.3 Å². The van der Waals surface area contributed by atoms with Crippen LogP contribution in [0.4, 0.5) is 4.79 Å². The molecular weight excluding hydrogens is 398 g/mol. The first-order valence-corrected chi connectivity index (χ1v) is 9.34. The van der Waals surface area contributed by atoms with Gasteiger partial charge in [-0.25, -0.2) is 9.59 Å². The molecule has 2 atom stereocenters. The second-order valence-electron chi connectivity index (χ2n) is 7.19. The molecule has 5 nitrogen and oxygen atoms in total. The first-order chi connectivity index (χ1) is 12.0. The average Bonchev–Trinajstić information content (AvgIpc) is 2.54. The van der Waals surface area contributed by atoms with Crippen LogP contribution in [0, 0.1) is 0 Å². The molecule has 144 valence electrons. The topological polar surface area (TPSA) is 64.6 Å². The van der Waals surface area contributed by atoms with Gasteiger partial charge in [0, 0.05) is 10.4 Å². The summed E-state index contributed by atoms with van der Waals surface area (Å²) in [7, 11) is 1.31. The van der Waals surface area contributed by atoms with Gasteiger partial charge in [0.05, 0.1) is 7.11 Å². The number of allylic oxidation sites excluding steroid dienone is 1. The number of rotatable bonds is 6. The lowest BCUT2D eigenvalue weighted by molar-refractivity contribution is -0.148. The molecule has 0 bridgehead atoms. The van der Waals surface area contributed by atoms with Gasteiger partial charge in [-0.2, -0.15) is 0 Å². The number of nitrogens with one attached hydrogen (secondary N) is 1. The quantitative estimate of drug-likeness (QED) is 0.516. The van der Waals surface area contributed by atoms with E-state index in [2.05, 4.69) is 21.2 Å². The van der Waals surface area contributed by atoms with Crippen LogP contribution in [-0.4, -0.2) is 30.3 Å². The van der Waals surface area contributed by atoms with Crippen molar-refractivity contribution in [2.45, 2.75) is 58.1 Å². The number of halogens is 1. The predicted molar refractivity (Wildman–Crippen MR) is 106 cm³/mol. The Morgan fingerprint density at radius 1 is 1.19 bits per heavy atom. The molecule has 0 aliphatic heterocycles. The van der Waals surface area contributed by atoms with Crippen molar-refractivity contribution in [3.8, 4) is 0 Å². The first-order valence-electron chi connectivity index (χ1n) is 8.55. The standard InChI is InChI=1S/C20H28BrNO4/c1-7-8-9-16(14-10-12-15(21)13-11-14)20(5,17(23)25-6)22-18(24)26-19(2,3)4/h8-13,16H,7H2,1-6H3,(H,22,24)/b9-8+/t16-,20-/m0/s1. The van der Waals surface area contributed by atoms with Gasteiger partial charge in [-0.1, -0.05) is 47.1 Å². The number of esters is 1. The molecule has 1 rings (SSSR count). The predicted octanol–water partition coefficient (Wildman–Crippen LogP) is 4.96. The van der Waals surface area contributed by atoms with Crippen LogP contribution in [0.25, 0.3) is 0 Å². The molecule has 26 heavy (non-hydrogen) atoms. The molecule has 0 saturated carbocycles. The van der Waals surface area contributed by atoms with Crippen LogP contribution in [0.15, 0.2) is 40.9 Å². The molecule has 0 spiro atoms. The highest BCUT2D eigenvalue weighted by Crippen LogP contribution is 2.32. The van der Waals surface area contributed by atoms with Gasteiger partial charge < -0.3 is 14.8 Å². The summed E-state index contributed by atoms with van der Waals surface area (Å²) in [6, 6.07) is 7.61. The van der Waals surface area contributed by atoms with E-state index in [0.29, 0.717) is 0 Å². The molecule has 0 aromatic heterocycles. The van der Waals surface area contributed by atoms with Crippen molar-refractivity contribution in [1.29, 1.82) is 0 Å². The summed E-state index contributed by atoms with van der Waals surface area (Å²) in [5.41, 5.74) is -1.12. The third-order valence-corrected chi connectivity index (χ3v) is 4.31. The van der Waals surface area contributed by atoms with Crippen molar-refractivity contribution in [2.24, 2.45) is 0 Å². The maximum Gasteiger partial charge on any atom is 0.408 e. The summed E-state index contributed by atoms with van der Waals surface area (Å²) in [5, 5.41) is 2.72. The highest BCUT2D eigenvalue weighted by atomic mass is 79.9. The number of carbonyl (C=O) groups excluding carboxylic acids is 2. The molecular formula is C20H28BrNO4. The smallest absolute Gasteiger partial charge is 0.408 e. The van der Waals surface area contributed by atoms with Crippen LogP contribution >= 0.6 is 15.9 Å². The highest BCUT2D eigenvalue weighted by molar-refractivity contribution is 9.10. The normalized spacial score (nSPS) is 15.2. The van der Waals surface area contributed by atoms with E-state index in [1.165, 1.54) is 7.11 Å². The SMILES string of the molecule is CC/C=C/[C@@H](c1ccc(Br)cc1)[C@](C)(NC(=O)OC(C)(C)C)C(=O)OC. The number of carbonyl (C=O) groups is 2. The molecule has 0 fully saturated rings. The van der Waals surface area contributed by atoms with Crippen LogP contribution in [0.2, 0.25) is 0 Å².